The summed E-state index contributed by atoms with van der Waals surface area (Å²) in [4.78, 5) is 0. The van der Waals surface area contributed by atoms with E-state index in [1.165, 1.54) is 0 Å². The first kappa shape index (κ1) is 23.3. The van der Waals surface area contributed by atoms with E-state index in [0.717, 1.165) is 38.5 Å². The zero-order valence-electron chi connectivity index (χ0n) is 17.7. The molecule has 1 atom stereocenters. The molecule has 160 valence electrons. The summed E-state index contributed by atoms with van der Waals surface area (Å²) in [6.45, 7) is 4.21. The van der Waals surface area contributed by atoms with Crippen molar-refractivity contribution in [2.45, 2.75) is 63.8 Å². The highest BCUT2D eigenvalue weighted by Crippen LogP contribution is 2.47. The van der Waals surface area contributed by atoms with Crippen molar-refractivity contribution in [3.05, 3.63) is 29.3 Å². The number of hydrogen-bond donors (Lipinski definition) is 0. The van der Waals surface area contributed by atoms with Crippen LogP contribution in [0.15, 0.2) is 12.1 Å². The van der Waals surface area contributed by atoms with E-state index in [1.54, 1.807) is 40.4 Å². The summed E-state index contributed by atoms with van der Waals surface area (Å²) in [6.07, 6.45) is 5.48. The zero-order chi connectivity index (χ0) is 20.7. The molecule has 0 heterocycles. The lowest BCUT2D eigenvalue weighted by Gasteiger charge is -2.40. The maximum atomic E-state index is 14.6. The molecule has 0 spiro atoms. The van der Waals surface area contributed by atoms with E-state index in [-0.39, 0.29) is 17.2 Å². The second kappa shape index (κ2) is 10.7. The van der Waals surface area contributed by atoms with Crippen LogP contribution in [0.4, 0.5) is 8.78 Å². The first-order valence-corrected chi connectivity index (χ1v) is 12.0. The SMILES string of the molecule is CCCC(C1CCC(c2ccc(OCC)c(F)c2F)CC1)[Si](OC)(OC)OC. The fraction of sp³-hybridized carbons (Fsp3) is 0.714. The number of benzene rings is 1. The van der Waals surface area contributed by atoms with Crippen molar-refractivity contribution < 1.29 is 26.8 Å². The molecule has 2 rings (SSSR count). The number of hydrogen-bond acceptors (Lipinski definition) is 4. The fourth-order valence-electron chi connectivity index (χ4n) is 4.68. The smallest absolute Gasteiger partial charge is 0.491 e. The van der Waals surface area contributed by atoms with Crippen molar-refractivity contribution >= 4 is 8.80 Å². The Bertz CT molecular complexity index is 608. The van der Waals surface area contributed by atoms with Gasteiger partial charge >= 0.3 is 8.80 Å². The monoisotopic (exact) mass is 416 g/mol. The van der Waals surface area contributed by atoms with E-state index < -0.39 is 20.4 Å². The van der Waals surface area contributed by atoms with Gasteiger partial charge in [0.25, 0.3) is 0 Å². The number of halogens is 2. The van der Waals surface area contributed by atoms with Gasteiger partial charge in [-0.05, 0) is 62.5 Å². The van der Waals surface area contributed by atoms with E-state index in [2.05, 4.69) is 6.92 Å². The van der Waals surface area contributed by atoms with Gasteiger partial charge in [0.05, 0.1) is 6.61 Å². The van der Waals surface area contributed by atoms with E-state index in [0.29, 0.717) is 18.1 Å². The summed E-state index contributed by atoms with van der Waals surface area (Å²) in [5.41, 5.74) is 0.681. The van der Waals surface area contributed by atoms with Crippen LogP contribution in [0.1, 0.15) is 63.9 Å². The maximum Gasteiger partial charge on any atom is 0.503 e. The lowest BCUT2D eigenvalue weighted by atomic mass is 9.76. The van der Waals surface area contributed by atoms with Crippen LogP contribution in [0.5, 0.6) is 5.75 Å². The Balaban J connectivity index is 2.14. The largest absolute Gasteiger partial charge is 0.503 e. The average molecular weight is 417 g/mol. The minimum absolute atomic E-state index is 0.0171. The van der Waals surface area contributed by atoms with Gasteiger partial charge in [0.1, 0.15) is 0 Å². The minimum atomic E-state index is -2.74. The van der Waals surface area contributed by atoms with Gasteiger partial charge in [0, 0.05) is 26.9 Å². The van der Waals surface area contributed by atoms with Gasteiger partial charge < -0.3 is 18.0 Å². The fourth-order valence-corrected chi connectivity index (χ4v) is 7.64. The molecule has 4 nitrogen and oxygen atoms in total. The van der Waals surface area contributed by atoms with Crippen LogP contribution < -0.4 is 4.74 Å². The molecule has 1 aromatic carbocycles. The van der Waals surface area contributed by atoms with Crippen molar-refractivity contribution in [1.29, 1.82) is 0 Å². The highest BCUT2D eigenvalue weighted by atomic mass is 28.4. The van der Waals surface area contributed by atoms with Gasteiger partial charge in [-0.1, -0.05) is 19.4 Å². The zero-order valence-corrected chi connectivity index (χ0v) is 18.7. The molecule has 0 radical (unpaired) electrons. The number of rotatable bonds is 10. The van der Waals surface area contributed by atoms with Crippen molar-refractivity contribution in [2.24, 2.45) is 5.92 Å². The standard InChI is InChI=1S/C21H34F2O4Si/c1-6-8-19(28(24-3,25-4)26-5)16-11-9-15(10-12-16)17-13-14-18(27-7-2)21(23)20(17)22/h13-16,19H,6-12H2,1-5H3. The van der Waals surface area contributed by atoms with Crippen molar-refractivity contribution in [3.8, 4) is 5.75 Å². The van der Waals surface area contributed by atoms with Crippen LogP contribution in [0.3, 0.4) is 0 Å². The van der Waals surface area contributed by atoms with Crippen LogP contribution in [0.2, 0.25) is 5.54 Å². The molecule has 0 amide bonds. The minimum Gasteiger partial charge on any atom is -0.491 e. The van der Waals surface area contributed by atoms with E-state index in [1.807, 2.05) is 0 Å². The summed E-state index contributed by atoms with van der Waals surface area (Å²) < 4.78 is 51.3. The van der Waals surface area contributed by atoms with Crippen LogP contribution in [0, 0.1) is 17.6 Å². The topological polar surface area (TPSA) is 36.9 Å². The van der Waals surface area contributed by atoms with Gasteiger partial charge in [-0.25, -0.2) is 4.39 Å². The number of ether oxygens (including phenoxy) is 1. The van der Waals surface area contributed by atoms with Crippen molar-refractivity contribution in [1.82, 2.24) is 0 Å². The molecule has 1 aromatic rings. The van der Waals surface area contributed by atoms with Gasteiger partial charge in [0.2, 0.25) is 5.82 Å². The Labute approximate surface area is 168 Å². The third kappa shape index (κ3) is 4.75. The van der Waals surface area contributed by atoms with Crippen LogP contribution in [-0.4, -0.2) is 36.7 Å². The molecule has 1 aliphatic carbocycles. The van der Waals surface area contributed by atoms with Gasteiger partial charge in [-0.15, -0.1) is 0 Å². The Morgan fingerprint density at radius 3 is 2.07 bits per heavy atom. The highest BCUT2D eigenvalue weighted by Gasteiger charge is 2.50. The molecular formula is C21H34F2O4Si. The summed E-state index contributed by atoms with van der Waals surface area (Å²) in [7, 11) is 2.23. The molecule has 28 heavy (non-hydrogen) atoms. The molecule has 1 fully saturated rings. The molecule has 1 aliphatic rings. The highest BCUT2D eigenvalue weighted by molar-refractivity contribution is 6.62. The summed E-state index contributed by atoms with van der Waals surface area (Å²) in [6, 6.07) is 3.22. The third-order valence-corrected chi connectivity index (χ3v) is 9.44. The molecule has 0 saturated heterocycles. The van der Waals surface area contributed by atoms with E-state index in [4.69, 9.17) is 18.0 Å². The molecule has 1 unspecified atom stereocenters. The quantitative estimate of drug-likeness (QED) is 0.460. The maximum absolute atomic E-state index is 14.6. The van der Waals surface area contributed by atoms with Crippen LogP contribution in [-0.2, 0) is 13.3 Å². The first-order valence-electron chi connectivity index (χ1n) is 10.2. The average Bonchev–Trinajstić information content (AvgIpc) is 2.73. The van der Waals surface area contributed by atoms with Crippen molar-refractivity contribution in [2.75, 3.05) is 27.9 Å². The molecule has 0 aromatic heterocycles. The van der Waals surface area contributed by atoms with Gasteiger partial charge in [-0.2, -0.15) is 4.39 Å². The van der Waals surface area contributed by atoms with E-state index >= 15 is 0 Å². The Kier molecular flexibility index (Phi) is 8.86. The lowest BCUT2D eigenvalue weighted by Crippen LogP contribution is -2.50. The second-order valence-corrected chi connectivity index (χ2v) is 10.6. The molecule has 1 saturated carbocycles. The Morgan fingerprint density at radius 2 is 1.57 bits per heavy atom. The molecule has 0 bridgehead atoms. The normalized spacial score (nSPS) is 21.5. The lowest BCUT2D eigenvalue weighted by molar-refractivity contribution is 0.0925. The molecule has 0 N–H and O–H groups in total. The predicted molar refractivity (Wildman–Crippen MR) is 108 cm³/mol. The van der Waals surface area contributed by atoms with Gasteiger partial charge in [0.15, 0.2) is 11.6 Å². The summed E-state index contributed by atoms with van der Waals surface area (Å²) in [5, 5.41) is 0. The predicted octanol–water partition coefficient (Wildman–Crippen LogP) is 5.69. The second-order valence-electron chi connectivity index (χ2n) is 7.44. The molecule has 7 heteroatoms. The Morgan fingerprint density at radius 1 is 0.964 bits per heavy atom. The Hall–Kier alpha value is -1.02. The van der Waals surface area contributed by atoms with Crippen LogP contribution >= 0.6 is 0 Å². The van der Waals surface area contributed by atoms with Crippen LogP contribution in [0.25, 0.3) is 0 Å². The summed E-state index contributed by atoms with van der Waals surface area (Å²) in [5.74, 6) is -1.24. The molecular weight excluding hydrogens is 382 g/mol. The first-order chi connectivity index (χ1) is 13.5. The van der Waals surface area contributed by atoms with Gasteiger partial charge in [-0.3, -0.25) is 0 Å². The summed E-state index contributed by atoms with van der Waals surface area (Å²) >= 11 is 0. The van der Waals surface area contributed by atoms with Crippen molar-refractivity contribution in [3.63, 3.8) is 0 Å². The molecule has 0 aliphatic heterocycles. The van der Waals surface area contributed by atoms with E-state index in [9.17, 15) is 8.78 Å². The third-order valence-electron chi connectivity index (χ3n) is 6.06.